The lowest BCUT2D eigenvalue weighted by Gasteiger charge is -2.10. The number of amides is 2. The zero-order chi connectivity index (χ0) is 20.3. The lowest BCUT2D eigenvalue weighted by Crippen LogP contribution is -2.16. The van der Waals surface area contributed by atoms with Gasteiger partial charge in [-0.1, -0.05) is 37.9 Å². The molecule has 2 amide bonds. The molecule has 0 aliphatic rings. The van der Waals surface area contributed by atoms with Gasteiger partial charge in [0.05, 0.1) is 11.4 Å². The molecule has 0 bridgehead atoms. The zero-order valence-corrected chi connectivity index (χ0v) is 20.4. The van der Waals surface area contributed by atoms with Crippen LogP contribution in [0.25, 0.3) is 0 Å². The first-order valence-electron chi connectivity index (χ1n) is 7.96. The number of rotatable bonds is 4. The maximum absolute atomic E-state index is 12.6. The number of hydrogen-bond acceptors (Lipinski definition) is 2. The highest BCUT2D eigenvalue weighted by Gasteiger charge is 2.13. The van der Waals surface area contributed by atoms with Crippen LogP contribution in [0, 0.1) is 0 Å². The third-order valence-electron chi connectivity index (χ3n) is 3.75. The van der Waals surface area contributed by atoms with Crippen molar-refractivity contribution in [1.29, 1.82) is 0 Å². The molecule has 142 valence electrons. The SMILES string of the molecule is O=C(Nc1ccc(Br)cc1Br)c1cccc(C(=O)Nc2ccc(Br)cc2Br)c1. The van der Waals surface area contributed by atoms with E-state index in [2.05, 4.69) is 74.4 Å². The minimum absolute atomic E-state index is 0.303. The van der Waals surface area contributed by atoms with Gasteiger partial charge in [-0.15, -0.1) is 0 Å². The van der Waals surface area contributed by atoms with E-state index in [-0.39, 0.29) is 11.8 Å². The highest BCUT2D eigenvalue weighted by Crippen LogP contribution is 2.28. The summed E-state index contributed by atoms with van der Waals surface area (Å²) in [7, 11) is 0. The predicted molar refractivity (Wildman–Crippen MR) is 126 cm³/mol. The lowest BCUT2D eigenvalue weighted by molar-refractivity contribution is 0.102. The second-order valence-electron chi connectivity index (χ2n) is 5.74. The summed E-state index contributed by atoms with van der Waals surface area (Å²) in [5, 5.41) is 5.67. The number of carbonyl (C=O) groups excluding carboxylic acids is 2. The molecule has 0 spiro atoms. The molecule has 3 aromatic rings. The van der Waals surface area contributed by atoms with Gasteiger partial charge in [0.2, 0.25) is 0 Å². The van der Waals surface area contributed by atoms with Crippen LogP contribution < -0.4 is 10.6 Å². The summed E-state index contributed by atoms with van der Waals surface area (Å²) >= 11 is 13.6. The second kappa shape index (κ2) is 9.35. The molecule has 0 aliphatic carbocycles. The van der Waals surface area contributed by atoms with Crippen molar-refractivity contribution in [3.05, 3.63) is 89.7 Å². The molecular formula is C20H12Br4N2O2. The molecule has 4 nitrogen and oxygen atoms in total. The van der Waals surface area contributed by atoms with Crippen LogP contribution >= 0.6 is 63.7 Å². The van der Waals surface area contributed by atoms with Crippen LogP contribution in [0.3, 0.4) is 0 Å². The quantitative estimate of drug-likeness (QED) is 0.319. The number of nitrogens with one attached hydrogen (secondary N) is 2. The van der Waals surface area contributed by atoms with Gasteiger partial charge in [-0.3, -0.25) is 9.59 Å². The van der Waals surface area contributed by atoms with E-state index in [1.807, 2.05) is 24.3 Å². The minimum atomic E-state index is -0.303. The molecule has 0 saturated heterocycles. The molecule has 3 rings (SSSR count). The third-order valence-corrected chi connectivity index (χ3v) is 6.04. The van der Waals surface area contributed by atoms with E-state index in [1.165, 1.54) is 0 Å². The normalized spacial score (nSPS) is 10.4. The van der Waals surface area contributed by atoms with Gasteiger partial charge >= 0.3 is 0 Å². The van der Waals surface area contributed by atoms with Crippen molar-refractivity contribution in [3.8, 4) is 0 Å². The Labute approximate surface area is 195 Å². The van der Waals surface area contributed by atoms with Crippen molar-refractivity contribution >= 4 is 86.9 Å². The predicted octanol–water partition coefficient (Wildman–Crippen LogP) is 7.24. The Morgan fingerprint density at radius 3 is 1.43 bits per heavy atom. The molecule has 28 heavy (non-hydrogen) atoms. The van der Waals surface area contributed by atoms with Crippen LogP contribution in [0.15, 0.2) is 78.6 Å². The summed E-state index contributed by atoms with van der Waals surface area (Å²) in [5.74, 6) is -0.606. The summed E-state index contributed by atoms with van der Waals surface area (Å²) in [4.78, 5) is 25.2. The Hall–Kier alpha value is -1.48. The van der Waals surface area contributed by atoms with E-state index in [1.54, 1.807) is 36.4 Å². The van der Waals surface area contributed by atoms with Gasteiger partial charge in [0, 0.05) is 29.0 Å². The van der Waals surface area contributed by atoms with Gasteiger partial charge in [-0.25, -0.2) is 0 Å². The first-order chi connectivity index (χ1) is 13.3. The molecule has 0 radical (unpaired) electrons. The van der Waals surface area contributed by atoms with Crippen LogP contribution in [-0.4, -0.2) is 11.8 Å². The van der Waals surface area contributed by atoms with Crippen LogP contribution in [0.4, 0.5) is 11.4 Å². The van der Waals surface area contributed by atoms with Crippen LogP contribution in [0.1, 0.15) is 20.7 Å². The molecule has 0 atom stereocenters. The van der Waals surface area contributed by atoms with Crippen molar-refractivity contribution < 1.29 is 9.59 Å². The Bertz CT molecular complexity index is 989. The van der Waals surface area contributed by atoms with Gasteiger partial charge < -0.3 is 10.6 Å². The number of halogens is 4. The number of carbonyl (C=O) groups is 2. The van der Waals surface area contributed by atoms with Crippen LogP contribution in [0.2, 0.25) is 0 Å². The summed E-state index contributed by atoms with van der Waals surface area (Å²) in [6.07, 6.45) is 0. The average Bonchev–Trinajstić information content (AvgIpc) is 2.66. The standard InChI is InChI=1S/C20H12Br4N2O2/c21-13-4-6-17(15(23)9-13)25-19(27)11-2-1-3-12(8-11)20(28)26-18-7-5-14(22)10-16(18)24/h1-10H,(H,25,27)(H,26,28). The number of hydrogen-bond donors (Lipinski definition) is 2. The third kappa shape index (κ3) is 5.31. The molecule has 8 heteroatoms. The summed E-state index contributed by atoms with van der Waals surface area (Å²) in [6, 6.07) is 17.5. The fourth-order valence-corrected chi connectivity index (χ4v) is 4.66. The summed E-state index contributed by atoms with van der Waals surface area (Å²) in [6.45, 7) is 0. The highest BCUT2D eigenvalue weighted by atomic mass is 79.9. The van der Waals surface area contributed by atoms with E-state index < -0.39 is 0 Å². The molecule has 0 unspecified atom stereocenters. The number of anilines is 2. The van der Waals surface area contributed by atoms with Gasteiger partial charge in [0.15, 0.2) is 0 Å². The van der Waals surface area contributed by atoms with Gasteiger partial charge in [-0.05, 0) is 86.5 Å². The smallest absolute Gasteiger partial charge is 0.255 e. The molecule has 0 saturated carbocycles. The van der Waals surface area contributed by atoms with Crippen LogP contribution in [0.5, 0.6) is 0 Å². The Morgan fingerprint density at radius 2 is 1.04 bits per heavy atom. The topological polar surface area (TPSA) is 58.2 Å². The molecule has 0 aromatic heterocycles. The molecule has 0 aliphatic heterocycles. The fraction of sp³-hybridized carbons (Fsp3) is 0. The van der Waals surface area contributed by atoms with Crippen molar-refractivity contribution in [2.45, 2.75) is 0 Å². The van der Waals surface area contributed by atoms with Crippen LogP contribution in [-0.2, 0) is 0 Å². The molecule has 0 fully saturated rings. The van der Waals surface area contributed by atoms with E-state index in [0.717, 1.165) is 17.9 Å². The van der Waals surface area contributed by atoms with Crippen molar-refractivity contribution in [1.82, 2.24) is 0 Å². The Balaban J connectivity index is 1.77. The zero-order valence-electron chi connectivity index (χ0n) is 14.1. The van der Waals surface area contributed by atoms with Crippen molar-refractivity contribution in [2.75, 3.05) is 10.6 Å². The number of benzene rings is 3. The second-order valence-corrected chi connectivity index (χ2v) is 9.28. The van der Waals surface area contributed by atoms with E-state index in [0.29, 0.717) is 22.5 Å². The monoisotopic (exact) mass is 628 g/mol. The molecule has 0 heterocycles. The van der Waals surface area contributed by atoms with Crippen molar-refractivity contribution in [3.63, 3.8) is 0 Å². The Morgan fingerprint density at radius 1 is 0.607 bits per heavy atom. The fourth-order valence-electron chi connectivity index (χ4n) is 2.37. The maximum Gasteiger partial charge on any atom is 0.255 e. The largest absolute Gasteiger partial charge is 0.321 e. The van der Waals surface area contributed by atoms with Gasteiger partial charge in [0.25, 0.3) is 11.8 Å². The average molecular weight is 632 g/mol. The van der Waals surface area contributed by atoms with Crippen molar-refractivity contribution in [2.24, 2.45) is 0 Å². The first-order valence-corrected chi connectivity index (χ1v) is 11.1. The molecule has 2 N–H and O–H groups in total. The maximum atomic E-state index is 12.6. The minimum Gasteiger partial charge on any atom is -0.321 e. The Kier molecular flexibility index (Phi) is 7.09. The lowest BCUT2D eigenvalue weighted by atomic mass is 10.1. The molecule has 3 aromatic carbocycles. The summed E-state index contributed by atoms with van der Waals surface area (Å²) < 4.78 is 3.30. The summed E-state index contributed by atoms with van der Waals surface area (Å²) in [5.41, 5.74) is 2.05. The molecular weight excluding hydrogens is 620 g/mol. The van der Waals surface area contributed by atoms with E-state index >= 15 is 0 Å². The van der Waals surface area contributed by atoms with E-state index in [9.17, 15) is 9.59 Å². The van der Waals surface area contributed by atoms with E-state index in [4.69, 9.17) is 0 Å². The van der Waals surface area contributed by atoms with Gasteiger partial charge in [-0.2, -0.15) is 0 Å². The highest BCUT2D eigenvalue weighted by molar-refractivity contribution is 9.11. The van der Waals surface area contributed by atoms with Gasteiger partial charge in [0.1, 0.15) is 0 Å². The first kappa shape index (κ1) is 21.2.